The second-order valence-electron chi connectivity index (χ2n) is 5.57. The van der Waals surface area contributed by atoms with Crippen LogP contribution in [0.1, 0.15) is 24.5 Å². The van der Waals surface area contributed by atoms with E-state index >= 15 is 0 Å². The van der Waals surface area contributed by atoms with Crippen LogP contribution in [0.3, 0.4) is 0 Å². The van der Waals surface area contributed by atoms with Crippen LogP contribution >= 0.6 is 23.2 Å². The Morgan fingerprint density at radius 1 is 1.43 bits per heavy atom. The lowest BCUT2D eigenvalue weighted by Crippen LogP contribution is -2.42. The van der Waals surface area contributed by atoms with Gasteiger partial charge in [-0.25, -0.2) is 0 Å². The fourth-order valence-electron chi connectivity index (χ4n) is 2.61. The van der Waals surface area contributed by atoms with E-state index in [2.05, 4.69) is 10.2 Å². The molecule has 2 atom stereocenters. The van der Waals surface area contributed by atoms with Crippen LogP contribution in [-0.4, -0.2) is 42.6 Å². The minimum absolute atomic E-state index is 0.00102. The highest BCUT2D eigenvalue weighted by Crippen LogP contribution is 2.23. The molecule has 0 saturated carbocycles. The normalized spacial score (nSPS) is 21.0. The molecule has 0 spiro atoms. The van der Waals surface area contributed by atoms with Crippen molar-refractivity contribution in [2.24, 2.45) is 5.92 Å². The van der Waals surface area contributed by atoms with Gasteiger partial charge < -0.3 is 15.3 Å². The summed E-state index contributed by atoms with van der Waals surface area (Å²) in [4.78, 5) is 14.3. The standard InChI is InChI=1S/C15H20Cl2N2O2/c1-19-4-2-3-10(9-19)15(21)18-8-14(20)11-5-12(16)7-13(17)6-11/h5-7,10,14,20H,2-4,8-9H2,1H3,(H,18,21). The van der Waals surface area contributed by atoms with Crippen LogP contribution in [-0.2, 0) is 4.79 Å². The van der Waals surface area contributed by atoms with Gasteiger partial charge >= 0.3 is 0 Å². The summed E-state index contributed by atoms with van der Waals surface area (Å²) in [6, 6.07) is 4.91. The first-order valence-corrected chi connectivity index (χ1v) is 7.81. The quantitative estimate of drug-likeness (QED) is 0.891. The minimum atomic E-state index is -0.813. The summed E-state index contributed by atoms with van der Waals surface area (Å²) in [5.74, 6) is -0.00683. The highest BCUT2D eigenvalue weighted by molar-refractivity contribution is 6.34. The summed E-state index contributed by atoms with van der Waals surface area (Å²) >= 11 is 11.8. The van der Waals surface area contributed by atoms with Crippen LogP contribution in [0.15, 0.2) is 18.2 Å². The fourth-order valence-corrected chi connectivity index (χ4v) is 3.15. The maximum atomic E-state index is 12.1. The fraction of sp³-hybridized carbons (Fsp3) is 0.533. The molecular formula is C15H20Cl2N2O2. The van der Waals surface area contributed by atoms with Crippen molar-refractivity contribution in [2.75, 3.05) is 26.7 Å². The first-order chi connectivity index (χ1) is 9.95. The van der Waals surface area contributed by atoms with Crippen molar-refractivity contribution in [1.29, 1.82) is 0 Å². The van der Waals surface area contributed by atoms with Crippen molar-refractivity contribution >= 4 is 29.1 Å². The number of piperidine rings is 1. The number of halogens is 2. The molecule has 2 rings (SSSR count). The van der Waals surface area contributed by atoms with E-state index in [-0.39, 0.29) is 18.4 Å². The van der Waals surface area contributed by atoms with Crippen LogP contribution in [0.25, 0.3) is 0 Å². The van der Waals surface area contributed by atoms with Crippen LogP contribution in [0.5, 0.6) is 0 Å². The predicted molar refractivity (Wildman–Crippen MR) is 84.7 cm³/mol. The molecule has 6 heteroatoms. The molecule has 2 unspecified atom stereocenters. The van der Waals surface area contributed by atoms with Gasteiger partial charge in [0.2, 0.25) is 5.91 Å². The number of aliphatic hydroxyl groups excluding tert-OH is 1. The topological polar surface area (TPSA) is 52.6 Å². The average Bonchev–Trinajstić information content (AvgIpc) is 2.43. The number of benzene rings is 1. The summed E-state index contributed by atoms with van der Waals surface area (Å²) in [5.41, 5.74) is 0.605. The van der Waals surface area contributed by atoms with E-state index in [1.54, 1.807) is 18.2 Å². The van der Waals surface area contributed by atoms with E-state index in [0.717, 1.165) is 25.9 Å². The SMILES string of the molecule is CN1CCCC(C(=O)NCC(O)c2cc(Cl)cc(Cl)c2)C1. The summed E-state index contributed by atoms with van der Waals surface area (Å²) < 4.78 is 0. The molecule has 1 amide bonds. The van der Waals surface area contributed by atoms with Crippen LogP contribution < -0.4 is 5.32 Å². The molecule has 2 N–H and O–H groups in total. The molecule has 1 heterocycles. The van der Waals surface area contributed by atoms with Gasteiger partial charge in [0, 0.05) is 23.1 Å². The molecule has 0 aromatic heterocycles. The average molecular weight is 331 g/mol. The van der Waals surface area contributed by atoms with E-state index < -0.39 is 6.10 Å². The van der Waals surface area contributed by atoms with Gasteiger partial charge in [0.15, 0.2) is 0 Å². The predicted octanol–water partition coefficient (Wildman–Crippen LogP) is 2.48. The molecule has 0 aliphatic carbocycles. The molecule has 1 saturated heterocycles. The van der Waals surface area contributed by atoms with Gasteiger partial charge in [0.1, 0.15) is 0 Å². The van der Waals surface area contributed by atoms with Crippen molar-refractivity contribution < 1.29 is 9.90 Å². The number of likely N-dealkylation sites (tertiary alicyclic amines) is 1. The van der Waals surface area contributed by atoms with E-state index in [1.165, 1.54) is 0 Å². The van der Waals surface area contributed by atoms with Gasteiger partial charge in [-0.1, -0.05) is 23.2 Å². The second-order valence-corrected chi connectivity index (χ2v) is 6.44. The highest BCUT2D eigenvalue weighted by Gasteiger charge is 2.24. The minimum Gasteiger partial charge on any atom is -0.387 e. The molecule has 0 bridgehead atoms. The van der Waals surface area contributed by atoms with E-state index in [9.17, 15) is 9.90 Å². The van der Waals surface area contributed by atoms with Crippen LogP contribution in [0, 0.1) is 5.92 Å². The van der Waals surface area contributed by atoms with Crippen LogP contribution in [0.2, 0.25) is 10.0 Å². The zero-order valence-electron chi connectivity index (χ0n) is 12.0. The van der Waals surface area contributed by atoms with E-state index in [4.69, 9.17) is 23.2 Å². The number of amides is 1. The number of hydrogen-bond donors (Lipinski definition) is 2. The van der Waals surface area contributed by atoms with Crippen molar-refractivity contribution in [3.8, 4) is 0 Å². The number of carbonyl (C=O) groups is 1. The molecule has 1 aliphatic rings. The van der Waals surface area contributed by atoms with Crippen molar-refractivity contribution in [1.82, 2.24) is 10.2 Å². The number of nitrogens with zero attached hydrogens (tertiary/aromatic N) is 1. The molecule has 0 radical (unpaired) electrons. The molecule has 1 fully saturated rings. The molecule has 1 aliphatic heterocycles. The number of nitrogens with one attached hydrogen (secondary N) is 1. The third-order valence-electron chi connectivity index (χ3n) is 3.73. The lowest BCUT2D eigenvalue weighted by atomic mass is 9.97. The van der Waals surface area contributed by atoms with Crippen molar-refractivity contribution in [3.63, 3.8) is 0 Å². The zero-order chi connectivity index (χ0) is 15.4. The molecule has 21 heavy (non-hydrogen) atoms. The monoisotopic (exact) mass is 330 g/mol. The maximum Gasteiger partial charge on any atom is 0.224 e. The molecule has 1 aromatic carbocycles. The zero-order valence-corrected chi connectivity index (χ0v) is 13.5. The Bertz CT molecular complexity index is 490. The Balaban J connectivity index is 1.88. The molecule has 1 aromatic rings. The first-order valence-electron chi connectivity index (χ1n) is 7.06. The highest BCUT2D eigenvalue weighted by atomic mass is 35.5. The van der Waals surface area contributed by atoms with Gasteiger partial charge in [-0.3, -0.25) is 4.79 Å². The molecule has 4 nitrogen and oxygen atoms in total. The smallest absolute Gasteiger partial charge is 0.224 e. The summed E-state index contributed by atoms with van der Waals surface area (Å²) in [6.07, 6.45) is 1.11. The van der Waals surface area contributed by atoms with Gasteiger partial charge in [-0.05, 0) is 50.2 Å². The third-order valence-corrected chi connectivity index (χ3v) is 4.17. The van der Waals surface area contributed by atoms with E-state index in [0.29, 0.717) is 15.6 Å². The Labute approximate surface area is 135 Å². The lowest BCUT2D eigenvalue weighted by molar-refractivity contribution is -0.127. The molecular weight excluding hydrogens is 311 g/mol. The lowest BCUT2D eigenvalue weighted by Gasteiger charge is -2.29. The summed E-state index contributed by atoms with van der Waals surface area (Å²) in [7, 11) is 2.02. The van der Waals surface area contributed by atoms with Crippen LogP contribution in [0.4, 0.5) is 0 Å². The van der Waals surface area contributed by atoms with Gasteiger partial charge in [0.05, 0.1) is 12.0 Å². The Kier molecular flexibility index (Phi) is 5.88. The number of rotatable bonds is 4. The van der Waals surface area contributed by atoms with Gasteiger partial charge in [0.25, 0.3) is 0 Å². The second kappa shape index (κ2) is 7.45. The first kappa shape index (κ1) is 16.6. The Morgan fingerprint density at radius 2 is 2.10 bits per heavy atom. The Morgan fingerprint density at radius 3 is 2.71 bits per heavy atom. The van der Waals surface area contributed by atoms with Gasteiger partial charge in [-0.2, -0.15) is 0 Å². The number of aliphatic hydroxyl groups is 1. The Hall–Kier alpha value is -0.810. The van der Waals surface area contributed by atoms with Crippen molar-refractivity contribution in [2.45, 2.75) is 18.9 Å². The number of carbonyl (C=O) groups excluding carboxylic acids is 1. The van der Waals surface area contributed by atoms with E-state index in [1.807, 2.05) is 7.05 Å². The number of hydrogen-bond acceptors (Lipinski definition) is 3. The van der Waals surface area contributed by atoms with Crippen molar-refractivity contribution in [3.05, 3.63) is 33.8 Å². The largest absolute Gasteiger partial charge is 0.387 e. The summed E-state index contributed by atoms with van der Waals surface area (Å²) in [5, 5.41) is 13.9. The molecule has 116 valence electrons. The maximum absolute atomic E-state index is 12.1. The summed E-state index contributed by atoms with van der Waals surface area (Å²) in [6.45, 7) is 1.97. The third kappa shape index (κ3) is 4.85. The van der Waals surface area contributed by atoms with Gasteiger partial charge in [-0.15, -0.1) is 0 Å².